The molecule has 1 heterocycles. The number of carbonyl (C=O) groups excluding carboxylic acids is 1. The van der Waals surface area contributed by atoms with Gasteiger partial charge in [-0.2, -0.15) is 0 Å². The van der Waals surface area contributed by atoms with E-state index in [-0.39, 0.29) is 11.7 Å². The molecule has 0 radical (unpaired) electrons. The first-order valence-corrected chi connectivity index (χ1v) is 8.08. The Hall–Kier alpha value is -2.41. The Balaban J connectivity index is 2.16. The molecule has 7 heteroatoms. The molecule has 1 aliphatic heterocycles. The van der Waals surface area contributed by atoms with Gasteiger partial charge in [-0.1, -0.05) is 12.2 Å². The molecule has 1 amide bonds. The van der Waals surface area contributed by atoms with E-state index >= 15 is 0 Å². The van der Waals surface area contributed by atoms with Gasteiger partial charge in [-0.15, -0.1) is 0 Å². The van der Waals surface area contributed by atoms with E-state index in [2.05, 4.69) is 0 Å². The van der Waals surface area contributed by atoms with Gasteiger partial charge in [-0.25, -0.2) is 4.79 Å². The van der Waals surface area contributed by atoms with E-state index in [0.717, 1.165) is 5.56 Å². The Morgan fingerprint density at radius 3 is 2.48 bits per heavy atom. The van der Waals surface area contributed by atoms with Gasteiger partial charge >= 0.3 is 6.09 Å². The Kier molecular flexibility index (Phi) is 5.17. The molecule has 0 aromatic heterocycles. The lowest BCUT2D eigenvalue weighted by Crippen LogP contribution is -2.49. The van der Waals surface area contributed by atoms with E-state index in [0.29, 0.717) is 6.61 Å². The third-order valence-corrected chi connectivity index (χ3v) is 3.72. The zero-order valence-corrected chi connectivity index (χ0v) is 15.2. The summed E-state index contributed by atoms with van der Waals surface area (Å²) in [7, 11) is 0. The SMILES string of the molecule is CC(C)(C)OC(=O)N1[C@@H](/C=C/c2ccc([N+](=O)[O-])cc2)COC1(C)C. The molecule has 0 N–H and O–H groups in total. The molecule has 1 saturated heterocycles. The monoisotopic (exact) mass is 348 g/mol. The van der Waals surface area contributed by atoms with E-state index in [1.54, 1.807) is 17.0 Å². The van der Waals surface area contributed by atoms with Gasteiger partial charge in [0, 0.05) is 12.1 Å². The summed E-state index contributed by atoms with van der Waals surface area (Å²) in [6.07, 6.45) is 3.23. The molecule has 0 saturated carbocycles. The molecule has 1 aromatic carbocycles. The number of ether oxygens (including phenoxy) is 2. The third-order valence-electron chi connectivity index (χ3n) is 3.72. The molecule has 0 unspecified atom stereocenters. The molecule has 1 atom stereocenters. The minimum atomic E-state index is -0.771. The van der Waals surface area contributed by atoms with Crippen LogP contribution in [-0.2, 0) is 9.47 Å². The van der Waals surface area contributed by atoms with Crippen molar-refractivity contribution in [2.24, 2.45) is 0 Å². The quantitative estimate of drug-likeness (QED) is 0.609. The highest BCUT2D eigenvalue weighted by Crippen LogP contribution is 2.30. The van der Waals surface area contributed by atoms with E-state index in [1.807, 2.05) is 46.8 Å². The topological polar surface area (TPSA) is 81.9 Å². The van der Waals surface area contributed by atoms with E-state index in [9.17, 15) is 14.9 Å². The second-order valence-corrected chi connectivity index (χ2v) is 7.38. The van der Waals surface area contributed by atoms with Crippen LogP contribution in [0.5, 0.6) is 0 Å². The van der Waals surface area contributed by atoms with Gasteiger partial charge in [-0.05, 0) is 52.3 Å². The Labute approximate surface area is 147 Å². The molecule has 0 bridgehead atoms. The van der Waals surface area contributed by atoms with Gasteiger partial charge in [0.05, 0.1) is 17.6 Å². The summed E-state index contributed by atoms with van der Waals surface area (Å²) in [5.41, 5.74) is -0.521. The maximum absolute atomic E-state index is 12.5. The maximum atomic E-state index is 12.5. The van der Waals surface area contributed by atoms with Gasteiger partial charge in [0.25, 0.3) is 5.69 Å². The van der Waals surface area contributed by atoms with E-state index in [4.69, 9.17) is 9.47 Å². The van der Waals surface area contributed by atoms with Crippen molar-refractivity contribution >= 4 is 17.9 Å². The lowest BCUT2D eigenvalue weighted by Gasteiger charge is -2.34. The van der Waals surface area contributed by atoms with Crippen molar-refractivity contribution in [2.45, 2.75) is 52.0 Å². The highest BCUT2D eigenvalue weighted by atomic mass is 16.6. The number of benzene rings is 1. The number of nitro benzene ring substituents is 1. The summed E-state index contributed by atoms with van der Waals surface area (Å²) in [6.45, 7) is 9.44. The molecule has 136 valence electrons. The van der Waals surface area contributed by atoms with Crippen molar-refractivity contribution in [1.82, 2.24) is 4.90 Å². The molecule has 1 fully saturated rings. The molecule has 0 aliphatic carbocycles. The van der Waals surface area contributed by atoms with Crippen LogP contribution in [0.3, 0.4) is 0 Å². The van der Waals surface area contributed by atoms with Gasteiger partial charge in [-0.3, -0.25) is 15.0 Å². The predicted molar refractivity (Wildman–Crippen MR) is 94.0 cm³/mol. The lowest BCUT2D eigenvalue weighted by molar-refractivity contribution is -0.384. The van der Waals surface area contributed by atoms with E-state index < -0.39 is 22.3 Å². The van der Waals surface area contributed by atoms with Crippen molar-refractivity contribution in [3.05, 3.63) is 46.0 Å². The Bertz CT molecular complexity index is 674. The van der Waals surface area contributed by atoms with Crippen molar-refractivity contribution in [3.63, 3.8) is 0 Å². The Morgan fingerprint density at radius 2 is 1.96 bits per heavy atom. The van der Waals surface area contributed by atoms with E-state index in [1.165, 1.54) is 12.1 Å². The first-order chi connectivity index (χ1) is 11.5. The average molecular weight is 348 g/mol. The summed E-state index contributed by atoms with van der Waals surface area (Å²) >= 11 is 0. The summed E-state index contributed by atoms with van der Waals surface area (Å²) in [4.78, 5) is 24.4. The minimum Gasteiger partial charge on any atom is -0.444 e. The first kappa shape index (κ1) is 18.9. The van der Waals surface area contributed by atoms with Crippen LogP contribution >= 0.6 is 0 Å². The number of amides is 1. The summed E-state index contributed by atoms with van der Waals surface area (Å²) in [5.74, 6) is 0. The molecule has 1 aliphatic rings. The number of nitro groups is 1. The Morgan fingerprint density at radius 1 is 1.36 bits per heavy atom. The number of non-ortho nitro benzene ring substituents is 1. The highest BCUT2D eigenvalue weighted by Gasteiger charge is 2.44. The van der Waals surface area contributed by atoms with Gasteiger partial charge < -0.3 is 9.47 Å². The van der Waals surface area contributed by atoms with Crippen LogP contribution in [0.4, 0.5) is 10.5 Å². The van der Waals surface area contributed by atoms with Crippen LogP contribution in [-0.4, -0.2) is 39.9 Å². The maximum Gasteiger partial charge on any atom is 0.413 e. The largest absolute Gasteiger partial charge is 0.444 e. The number of nitrogens with zero attached hydrogens (tertiary/aromatic N) is 2. The minimum absolute atomic E-state index is 0.0397. The molecule has 25 heavy (non-hydrogen) atoms. The fourth-order valence-electron chi connectivity index (χ4n) is 2.57. The zero-order chi connectivity index (χ0) is 18.8. The molecular formula is C18H24N2O5. The van der Waals surface area contributed by atoms with Crippen molar-refractivity contribution in [2.75, 3.05) is 6.61 Å². The smallest absolute Gasteiger partial charge is 0.413 e. The van der Waals surface area contributed by atoms with Crippen LogP contribution in [0.1, 0.15) is 40.2 Å². The second kappa shape index (κ2) is 6.84. The average Bonchev–Trinajstić information content (AvgIpc) is 2.78. The lowest BCUT2D eigenvalue weighted by atomic mass is 10.1. The molecule has 7 nitrogen and oxygen atoms in total. The van der Waals surface area contributed by atoms with Crippen molar-refractivity contribution < 1.29 is 19.2 Å². The molecule has 1 aromatic rings. The molecule has 0 spiro atoms. The van der Waals surface area contributed by atoms with Crippen LogP contribution < -0.4 is 0 Å². The fourth-order valence-corrected chi connectivity index (χ4v) is 2.57. The van der Waals surface area contributed by atoms with Crippen LogP contribution in [0.2, 0.25) is 0 Å². The summed E-state index contributed by atoms with van der Waals surface area (Å²) in [6, 6.07) is 5.93. The van der Waals surface area contributed by atoms with Gasteiger partial charge in [0.1, 0.15) is 11.3 Å². The number of carbonyl (C=O) groups is 1. The number of hydrogen-bond donors (Lipinski definition) is 0. The van der Waals surface area contributed by atoms with Crippen LogP contribution in [0, 0.1) is 10.1 Å². The fraction of sp³-hybridized carbons (Fsp3) is 0.500. The van der Waals surface area contributed by atoms with Crippen molar-refractivity contribution in [1.29, 1.82) is 0 Å². The standard InChI is InChI=1S/C18H24N2O5/c1-17(2,3)25-16(21)19-15(12-24-18(19,4)5)11-8-13-6-9-14(10-7-13)20(22)23/h6-11,15H,12H2,1-5H3/b11-8+/t15-/m0/s1. The number of hydrogen-bond acceptors (Lipinski definition) is 5. The van der Waals surface area contributed by atoms with Gasteiger partial charge in [0.2, 0.25) is 0 Å². The highest BCUT2D eigenvalue weighted by molar-refractivity contribution is 5.70. The van der Waals surface area contributed by atoms with Crippen LogP contribution in [0.15, 0.2) is 30.3 Å². The third kappa shape index (κ3) is 4.79. The van der Waals surface area contributed by atoms with Gasteiger partial charge in [0.15, 0.2) is 0 Å². The molecular weight excluding hydrogens is 324 g/mol. The van der Waals surface area contributed by atoms with Crippen LogP contribution in [0.25, 0.3) is 6.08 Å². The zero-order valence-electron chi connectivity index (χ0n) is 15.2. The second-order valence-electron chi connectivity index (χ2n) is 7.38. The molecule has 2 rings (SSSR count). The summed E-state index contributed by atoms with van der Waals surface area (Å²) in [5, 5.41) is 10.7. The van der Waals surface area contributed by atoms with Crippen molar-refractivity contribution in [3.8, 4) is 0 Å². The normalized spacial score (nSPS) is 20.0. The summed E-state index contributed by atoms with van der Waals surface area (Å²) < 4.78 is 11.2. The predicted octanol–water partition coefficient (Wildman–Crippen LogP) is 3.98. The first-order valence-electron chi connectivity index (χ1n) is 8.08. The number of rotatable bonds is 3.